The van der Waals surface area contributed by atoms with Gasteiger partial charge in [-0.25, -0.2) is 8.78 Å². The Morgan fingerprint density at radius 2 is 1.17 bits per heavy atom. The zero-order valence-corrected chi connectivity index (χ0v) is 3.32. The van der Waals surface area contributed by atoms with Crippen LogP contribution in [-0.2, 0) is 0 Å². The molecule has 0 atom stereocenters. The fraction of sp³-hybridized carbons (Fsp3) is 0. The fourth-order valence-corrected chi connectivity index (χ4v) is 0. The van der Waals surface area contributed by atoms with E-state index < -0.39 is 0 Å². The summed E-state index contributed by atoms with van der Waals surface area (Å²) in [7, 11) is 0. The zero-order valence-electron chi connectivity index (χ0n) is 3.32. The topological polar surface area (TPSA) is 0 Å². The van der Waals surface area contributed by atoms with Gasteiger partial charge in [-0.3, -0.25) is 0 Å². The molecule has 36 valence electrons. The van der Waals surface area contributed by atoms with E-state index in [2.05, 4.69) is 13.2 Å². The second-order valence-electron chi connectivity index (χ2n) is 0.252. The second kappa shape index (κ2) is 27.0. The third-order valence-electron chi connectivity index (χ3n) is 0.0476. The van der Waals surface area contributed by atoms with Gasteiger partial charge in [0.1, 0.15) is 12.7 Å². The monoisotopic (exact) mass is 92.0 g/mol. The van der Waals surface area contributed by atoms with Crippen LogP contribution in [0.5, 0.6) is 0 Å². The van der Waals surface area contributed by atoms with Crippen LogP contribution in [0.1, 0.15) is 0 Å². The third-order valence-corrected chi connectivity index (χ3v) is 0.0476. The van der Waals surface area contributed by atoms with Crippen molar-refractivity contribution in [2.75, 3.05) is 0 Å². The van der Waals surface area contributed by atoms with Crippen LogP contribution < -0.4 is 0 Å². The Hall–Kier alpha value is -0.660. The molecule has 0 aliphatic heterocycles. The first kappa shape index (κ1) is 9.02. The summed E-state index contributed by atoms with van der Waals surface area (Å²) in [5.74, 6) is 0. The van der Waals surface area contributed by atoms with E-state index in [0.29, 0.717) is 0 Å². The molecule has 0 N–H and O–H groups in total. The van der Waals surface area contributed by atoms with Gasteiger partial charge in [0.25, 0.3) is 0 Å². The van der Waals surface area contributed by atoms with Crippen LogP contribution in [0.2, 0.25) is 0 Å². The smallest absolute Gasteiger partial charge is 0.115 e. The summed E-state index contributed by atoms with van der Waals surface area (Å²) in [6.45, 7) is 6.00. The SMILES string of the molecule is C=C.FC=CF. The molecule has 0 nitrogen and oxygen atoms in total. The molecule has 0 bridgehead atoms. The van der Waals surface area contributed by atoms with E-state index in [1.807, 2.05) is 0 Å². The molecular weight excluding hydrogens is 86.0 g/mol. The van der Waals surface area contributed by atoms with E-state index in [-0.39, 0.29) is 12.7 Å². The Bertz CT molecular complexity index is 28.5. The molecule has 0 aliphatic rings. The maximum Gasteiger partial charge on any atom is 0.115 e. The van der Waals surface area contributed by atoms with Gasteiger partial charge in [-0.05, 0) is 0 Å². The van der Waals surface area contributed by atoms with E-state index in [1.165, 1.54) is 0 Å². The standard InChI is InChI=1S/C2H2F2.C2H4/c3-1-2-4;1-2/h1-2H;1-2H2. The molecule has 0 aromatic rings. The molecule has 2 heteroatoms. The predicted molar refractivity (Wildman–Crippen MR) is 22.6 cm³/mol. The van der Waals surface area contributed by atoms with Gasteiger partial charge in [0.05, 0.1) is 0 Å². The molecule has 6 heavy (non-hydrogen) atoms. The summed E-state index contributed by atoms with van der Waals surface area (Å²) in [5, 5.41) is 0. The molecule has 0 saturated heterocycles. The third kappa shape index (κ3) is 158. The average molecular weight is 92.1 g/mol. The number of halogens is 2. The highest BCUT2D eigenvalue weighted by atomic mass is 19.2. The summed E-state index contributed by atoms with van der Waals surface area (Å²) in [5.41, 5.74) is 0. The van der Waals surface area contributed by atoms with E-state index in [4.69, 9.17) is 0 Å². The first-order chi connectivity index (χ1) is 2.91. The first-order valence-corrected chi connectivity index (χ1v) is 1.27. The molecule has 0 amide bonds. The van der Waals surface area contributed by atoms with Crippen molar-refractivity contribution in [3.63, 3.8) is 0 Å². The van der Waals surface area contributed by atoms with Crippen LogP contribution in [0.15, 0.2) is 25.8 Å². The van der Waals surface area contributed by atoms with Gasteiger partial charge in [-0.15, -0.1) is 13.2 Å². The number of hydrogen-bond acceptors (Lipinski definition) is 0. The molecule has 0 saturated carbocycles. The minimum Gasteiger partial charge on any atom is -0.213 e. The molecular formula is C4H6F2. The van der Waals surface area contributed by atoms with Crippen molar-refractivity contribution in [3.8, 4) is 0 Å². The maximum absolute atomic E-state index is 10.2. The molecule has 0 radical (unpaired) electrons. The summed E-state index contributed by atoms with van der Waals surface area (Å²) >= 11 is 0. The molecule has 0 unspecified atom stereocenters. The van der Waals surface area contributed by atoms with E-state index >= 15 is 0 Å². The summed E-state index contributed by atoms with van der Waals surface area (Å²) in [6, 6.07) is 0. The molecule has 0 fully saturated rings. The number of rotatable bonds is 0. The molecule has 0 aromatic carbocycles. The van der Waals surface area contributed by atoms with Crippen molar-refractivity contribution >= 4 is 0 Å². The van der Waals surface area contributed by atoms with Crippen LogP contribution in [0, 0.1) is 0 Å². The number of hydrogen-bond donors (Lipinski definition) is 0. The van der Waals surface area contributed by atoms with E-state index in [0.717, 1.165) is 0 Å². The zero-order chi connectivity index (χ0) is 5.41. The van der Waals surface area contributed by atoms with Crippen molar-refractivity contribution < 1.29 is 8.78 Å². The van der Waals surface area contributed by atoms with Crippen molar-refractivity contribution in [1.29, 1.82) is 0 Å². The maximum atomic E-state index is 10.2. The lowest BCUT2D eigenvalue weighted by Crippen LogP contribution is -1.18. The highest BCUT2D eigenvalue weighted by Gasteiger charge is 1.43. The Labute approximate surface area is 35.8 Å². The van der Waals surface area contributed by atoms with Crippen LogP contribution >= 0.6 is 0 Å². The van der Waals surface area contributed by atoms with Gasteiger partial charge in [0, 0.05) is 0 Å². The van der Waals surface area contributed by atoms with Crippen LogP contribution in [-0.4, -0.2) is 0 Å². The van der Waals surface area contributed by atoms with Gasteiger partial charge >= 0.3 is 0 Å². The van der Waals surface area contributed by atoms with Crippen molar-refractivity contribution in [3.05, 3.63) is 25.8 Å². The highest BCUT2D eigenvalue weighted by Crippen LogP contribution is 1.67. The minimum absolute atomic E-state index is 0.167. The Morgan fingerprint density at radius 1 is 1.00 bits per heavy atom. The van der Waals surface area contributed by atoms with Gasteiger partial charge < -0.3 is 0 Å². The molecule has 0 aromatic heterocycles. The molecule has 0 heterocycles. The lowest BCUT2D eigenvalue weighted by molar-refractivity contribution is 0.645. The van der Waals surface area contributed by atoms with Crippen LogP contribution in [0.4, 0.5) is 8.78 Å². The first-order valence-electron chi connectivity index (χ1n) is 1.27. The Morgan fingerprint density at radius 3 is 1.17 bits per heavy atom. The van der Waals surface area contributed by atoms with Crippen molar-refractivity contribution in [2.45, 2.75) is 0 Å². The molecule has 0 aliphatic carbocycles. The van der Waals surface area contributed by atoms with Gasteiger partial charge in [0.2, 0.25) is 0 Å². The summed E-state index contributed by atoms with van der Waals surface area (Å²) in [6.07, 6.45) is -0.333. The molecule has 0 rings (SSSR count). The lowest BCUT2D eigenvalue weighted by atomic mass is 11.2. The van der Waals surface area contributed by atoms with E-state index in [9.17, 15) is 8.78 Å². The predicted octanol–water partition coefficient (Wildman–Crippen LogP) is 2.20. The Balaban J connectivity index is 0. The van der Waals surface area contributed by atoms with Crippen LogP contribution in [0.3, 0.4) is 0 Å². The Kier molecular flexibility index (Phi) is 40.5. The summed E-state index contributed by atoms with van der Waals surface area (Å²) in [4.78, 5) is 0. The molecule has 0 spiro atoms. The van der Waals surface area contributed by atoms with Gasteiger partial charge in [-0.2, -0.15) is 0 Å². The van der Waals surface area contributed by atoms with Crippen molar-refractivity contribution in [2.24, 2.45) is 0 Å². The normalized spacial score (nSPS) is 7.00. The van der Waals surface area contributed by atoms with E-state index in [1.54, 1.807) is 0 Å². The van der Waals surface area contributed by atoms with Gasteiger partial charge in [0.15, 0.2) is 0 Å². The quantitative estimate of drug-likeness (QED) is 0.402. The minimum atomic E-state index is -0.167. The lowest BCUT2D eigenvalue weighted by Gasteiger charge is -1.42. The fourth-order valence-electron chi connectivity index (χ4n) is 0. The summed E-state index contributed by atoms with van der Waals surface area (Å²) < 4.78 is 20.3. The highest BCUT2D eigenvalue weighted by molar-refractivity contribution is 4.51. The second-order valence-corrected chi connectivity index (χ2v) is 0.252. The largest absolute Gasteiger partial charge is 0.213 e. The van der Waals surface area contributed by atoms with Gasteiger partial charge in [-0.1, -0.05) is 0 Å². The van der Waals surface area contributed by atoms with Crippen molar-refractivity contribution in [1.82, 2.24) is 0 Å². The average Bonchev–Trinajstić information content (AvgIpc) is 1.72. The van der Waals surface area contributed by atoms with Crippen LogP contribution in [0.25, 0.3) is 0 Å².